The van der Waals surface area contributed by atoms with Crippen LogP contribution in [-0.2, 0) is 16.1 Å². The molecule has 2 heterocycles. The van der Waals surface area contributed by atoms with E-state index in [4.69, 9.17) is 4.74 Å². The number of methoxy groups -OCH3 is 1. The van der Waals surface area contributed by atoms with Crippen molar-refractivity contribution in [2.45, 2.75) is 38.5 Å². The summed E-state index contributed by atoms with van der Waals surface area (Å²) in [4.78, 5) is 30.7. The van der Waals surface area contributed by atoms with Crippen LogP contribution >= 0.6 is 0 Å². The largest absolute Gasteiger partial charge is 0.383 e. The molecule has 0 spiro atoms. The highest BCUT2D eigenvalue weighted by molar-refractivity contribution is 5.92. The molecule has 1 N–H and O–H groups in total. The van der Waals surface area contributed by atoms with E-state index in [2.05, 4.69) is 10.3 Å². The van der Waals surface area contributed by atoms with Crippen LogP contribution < -0.4 is 5.32 Å². The van der Waals surface area contributed by atoms with Crippen LogP contribution in [-0.4, -0.2) is 59.2 Å². The second kappa shape index (κ2) is 6.88. The Morgan fingerprint density at radius 1 is 1.42 bits per heavy atom. The second-order valence-corrected chi connectivity index (χ2v) is 6.40. The molecule has 1 aromatic rings. The van der Waals surface area contributed by atoms with Gasteiger partial charge >= 0.3 is 0 Å². The number of hydrogen-bond donors (Lipinski definition) is 1. The number of nitrogens with one attached hydrogen (secondary N) is 1. The van der Waals surface area contributed by atoms with Gasteiger partial charge in [-0.25, -0.2) is 9.37 Å². The summed E-state index contributed by atoms with van der Waals surface area (Å²) in [7, 11) is 1.57. The Morgan fingerprint density at radius 3 is 2.83 bits per heavy atom. The summed E-state index contributed by atoms with van der Waals surface area (Å²) in [5.74, 6) is 0.235. The van der Waals surface area contributed by atoms with Gasteiger partial charge in [0.2, 0.25) is 5.91 Å². The molecule has 1 unspecified atom stereocenters. The van der Waals surface area contributed by atoms with E-state index >= 15 is 0 Å². The number of halogens is 1. The van der Waals surface area contributed by atoms with Crippen LogP contribution in [0.5, 0.6) is 0 Å². The van der Waals surface area contributed by atoms with E-state index in [-0.39, 0.29) is 23.8 Å². The molecule has 132 valence electrons. The Kier molecular flexibility index (Phi) is 4.84. The molecule has 2 aliphatic rings. The lowest BCUT2D eigenvalue weighted by Gasteiger charge is -2.39. The molecule has 1 aliphatic carbocycles. The van der Waals surface area contributed by atoms with Gasteiger partial charge in [-0.05, 0) is 19.8 Å². The number of amides is 2. The van der Waals surface area contributed by atoms with E-state index in [0.29, 0.717) is 50.6 Å². The maximum absolute atomic E-state index is 13.0. The number of carbonyl (C=O) groups is 2. The van der Waals surface area contributed by atoms with Gasteiger partial charge in [-0.2, -0.15) is 0 Å². The summed E-state index contributed by atoms with van der Waals surface area (Å²) in [5.41, 5.74) is 0.342. The fraction of sp³-hybridized carbons (Fsp3) is 0.688. The number of imidazole rings is 1. The number of hydrogen-bond acceptors (Lipinski definition) is 4. The number of aromatic nitrogens is 2. The van der Waals surface area contributed by atoms with E-state index in [1.807, 2.05) is 11.5 Å². The highest BCUT2D eigenvalue weighted by atomic mass is 19.1. The average molecular weight is 338 g/mol. The maximum atomic E-state index is 13.0. The molecule has 0 radical (unpaired) electrons. The molecule has 8 heteroatoms. The molecule has 2 amide bonds. The molecule has 3 rings (SSSR count). The van der Waals surface area contributed by atoms with Crippen molar-refractivity contribution in [3.8, 4) is 0 Å². The Balaban J connectivity index is 1.68. The van der Waals surface area contributed by atoms with Crippen LogP contribution in [0.3, 0.4) is 0 Å². The molecule has 1 saturated carbocycles. The van der Waals surface area contributed by atoms with E-state index in [9.17, 15) is 14.0 Å². The van der Waals surface area contributed by atoms with Gasteiger partial charge in [0.15, 0.2) is 0 Å². The molecule has 7 nitrogen and oxygen atoms in total. The maximum Gasteiger partial charge on any atom is 0.271 e. The fourth-order valence-electron chi connectivity index (χ4n) is 3.24. The van der Waals surface area contributed by atoms with Crippen molar-refractivity contribution in [3.63, 3.8) is 0 Å². The van der Waals surface area contributed by atoms with Gasteiger partial charge in [0.1, 0.15) is 17.7 Å². The van der Waals surface area contributed by atoms with Crippen LogP contribution in [0, 0.1) is 5.92 Å². The molecule has 0 aromatic carbocycles. The standard InChI is InChI=1S/C16H23FN4O3/c1-10-14-19-13(15(22)18-3-6-24-2)9-20(14)4-5-21(10)16(23)11-7-12(17)8-11/h9-12H,3-8H2,1-2H3,(H,18,22). The van der Waals surface area contributed by atoms with Gasteiger partial charge in [0.05, 0.1) is 12.6 Å². The third-order valence-electron chi connectivity index (χ3n) is 4.77. The second-order valence-electron chi connectivity index (χ2n) is 6.40. The zero-order valence-corrected chi connectivity index (χ0v) is 14.0. The monoisotopic (exact) mass is 338 g/mol. The first-order valence-corrected chi connectivity index (χ1v) is 8.30. The lowest BCUT2D eigenvalue weighted by atomic mass is 9.82. The van der Waals surface area contributed by atoms with Gasteiger partial charge in [-0.1, -0.05) is 0 Å². The Morgan fingerprint density at radius 2 is 2.17 bits per heavy atom. The third kappa shape index (κ3) is 3.15. The zero-order valence-electron chi connectivity index (χ0n) is 14.0. The Bertz CT molecular complexity index is 627. The number of ether oxygens (including phenoxy) is 1. The molecule has 0 saturated heterocycles. The quantitative estimate of drug-likeness (QED) is 0.810. The summed E-state index contributed by atoms with van der Waals surface area (Å²) >= 11 is 0. The van der Waals surface area contributed by atoms with Crippen LogP contribution in [0.2, 0.25) is 0 Å². The first kappa shape index (κ1) is 16.9. The predicted octanol–water partition coefficient (Wildman–Crippen LogP) is 0.911. The molecule has 1 aliphatic heterocycles. The van der Waals surface area contributed by atoms with Crippen molar-refractivity contribution < 1.29 is 18.7 Å². The van der Waals surface area contributed by atoms with Crippen molar-refractivity contribution in [3.05, 3.63) is 17.7 Å². The van der Waals surface area contributed by atoms with Gasteiger partial charge in [-0.3, -0.25) is 9.59 Å². The number of alkyl halides is 1. The average Bonchev–Trinajstić information content (AvgIpc) is 2.97. The molecule has 1 fully saturated rings. The first-order chi connectivity index (χ1) is 11.5. The third-order valence-corrected chi connectivity index (χ3v) is 4.77. The van der Waals surface area contributed by atoms with Crippen LogP contribution in [0.25, 0.3) is 0 Å². The molecule has 1 aromatic heterocycles. The van der Waals surface area contributed by atoms with E-state index < -0.39 is 6.17 Å². The molecule has 24 heavy (non-hydrogen) atoms. The summed E-state index contributed by atoms with van der Waals surface area (Å²) in [6.07, 6.45) is 1.52. The topological polar surface area (TPSA) is 76.5 Å². The smallest absolute Gasteiger partial charge is 0.271 e. The molecule has 1 atom stereocenters. The normalized spacial score (nSPS) is 25.8. The van der Waals surface area contributed by atoms with Gasteiger partial charge < -0.3 is 19.5 Å². The minimum atomic E-state index is -0.844. The highest BCUT2D eigenvalue weighted by Gasteiger charge is 2.40. The van der Waals surface area contributed by atoms with Gasteiger partial charge in [0, 0.05) is 38.9 Å². The lowest BCUT2D eigenvalue weighted by molar-refractivity contribution is -0.143. The SMILES string of the molecule is COCCNC(=O)c1cn2c(n1)C(C)N(C(=O)C1CC(F)C1)CC2. The minimum Gasteiger partial charge on any atom is -0.383 e. The van der Waals surface area contributed by atoms with Crippen LogP contribution in [0.4, 0.5) is 4.39 Å². The van der Waals surface area contributed by atoms with E-state index in [0.717, 1.165) is 0 Å². The zero-order chi connectivity index (χ0) is 17.3. The Labute approximate surface area is 140 Å². The van der Waals surface area contributed by atoms with Crippen molar-refractivity contribution in [2.75, 3.05) is 26.8 Å². The van der Waals surface area contributed by atoms with E-state index in [1.165, 1.54) is 0 Å². The highest BCUT2D eigenvalue weighted by Crippen LogP contribution is 2.35. The number of nitrogens with zero attached hydrogens (tertiary/aromatic N) is 3. The van der Waals surface area contributed by atoms with Crippen LogP contribution in [0.1, 0.15) is 42.1 Å². The molecular formula is C16H23FN4O3. The number of rotatable bonds is 5. The Hall–Kier alpha value is -1.96. The van der Waals surface area contributed by atoms with Crippen LogP contribution in [0.15, 0.2) is 6.20 Å². The number of fused-ring (bicyclic) bond motifs is 1. The molecular weight excluding hydrogens is 315 g/mol. The lowest BCUT2D eigenvalue weighted by Crippen LogP contribution is -2.47. The molecule has 0 bridgehead atoms. The van der Waals surface area contributed by atoms with E-state index in [1.54, 1.807) is 18.2 Å². The predicted molar refractivity (Wildman–Crippen MR) is 84.2 cm³/mol. The fourth-order valence-corrected chi connectivity index (χ4v) is 3.24. The first-order valence-electron chi connectivity index (χ1n) is 8.30. The van der Waals surface area contributed by atoms with Crippen molar-refractivity contribution in [1.29, 1.82) is 0 Å². The van der Waals surface area contributed by atoms with Crippen molar-refractivity contribution in [1.82, 2.24) is 19.8 Å². The van der Waals surface area contributed by atoms with Gasteiger partial charge in [0.25, 0.3) is 5.91 Å². The minimum absolute atomic E-state index is 0.00301. The van der Waals surface area contributed by atoms with Crippen molar-refractivity contribution >= 4 is 11.8 Å². The van der Waals surface area contributed by atoms with Gasteiger partial charge in [-0.15, -0.1) is 0 Å². The number of carbonyl (C=O) groups excluding carboxylic acids is 2. The summed E-state index contributed by atoms with van der Waals surface area (Å²) in [5, 5.41) is 2.74. The summed E-state index contributed by atoms with van der Waals surface area (Å²) < 4.78 is 19.8. The summed E-state index contributed by atoms with van der Waals surface area (Å²) in [6, 6.07) is -0.217. The van der Waals surface area contributed by atoms with Crippen molar-refractivity contribution in [2.24, 2.45) is 5.92 Å². The summed E-state index contributed by atoms with van der Waals surface area (Å²) in [6.45, 7) is 3.91.